The molecule has 0 aliphatic carbocycles. The Morgan fingerprint density at radius 3 is 2.22 bits per heavy atom. The lowest BCUT2D eigenvalue weighted by atomic mass is 9.93. The topological polar surface area (TPSA) is 108 Å². The number of nitrogens with zero attached hydrogens (tertiary/aromatic N) is 3. The molecule has 2 heterocycles. The Morgan fingerprint density at radius 1 is 1.30 bits per heavy atom. The summed E-state index contributed by atoms with van der Waals surface area (Å²) in [5, 5.41) is 9.33. The van der Waals surface area contributed by atoms with E-state index >= 15 is 0 Å². The van der Waals surface area contributed by atoms with E-state index in [2.05, 4.69) is 17.4 Å². The molecule has 3 atom stereocenters. The predicted octanol–water partition coefficient (Wildman–Crippen LogP) is 0.814. The van der Waals surface area contributed by atoms with Gasteiger partial charge < -0.3 is 9.64 Å². The van der Waals surface area contributed by atoms with Crippen molar-refractivity contribution in [3.8, 4) is 6.07 Å². The first-order valence-electron chi connectivity index (χ1n) is 7.81. The maximum atomic E-state index is 12.8. The van der Waals surface area contributed by atoms with Gasteiger partial charge in [-0.25, -0.2) is 4.79 Å². The predicted molar refractivity (Wildman–Crippen MR) is 96.0 cm³/mol. The van der Waals surface area contributed by atoms with E-state index in [1.807, 2.05) is 0 Å². The number of alkyl halides is 1. The summed E-state index contributed by atoms with van der Waals surface area (Å²) in [5.41, 5.74) is 0.407. The average molecular weight is 408 g/mol. The van der Waals surface area contributed by atoms with E-state index < -0.39 is 39.5 Å². The third-order valence-corrected chi connectivity index (χ3v) is 6.03. The number of esters is 1. The Balaban J connectivity index is 1.91. The fourth-order valence-corrected chi connectivity index (χ4v) is 3.63. The van der Waals surface area contributed by atoms with E-state index in [0.717, 1.165) is 16.9 Å². The number of ether oxygens (including phenoxy) is 1. The van der Waals surface area contributed by atoms with Crippen LogP contribution in [-0.2, 0) is 14.3 Å². The Hall–Kier alpha value is -2.57. The Bertz CT molecular complexity index is 892. The number of β-lactam (4-membered cyclic amide) rings is 1. The van der Waals surface area contributed by atoms with Crippen LogP contribution in [-0.4, -0.2) is 62.9 Å². The number of carbonyl (C=O) groups is 4. The van der Waals surface area contributed by atoms with E-state index in [1.165, 1.54) is 19.1 Å². The van der Waals surface area contributed by atoms with Crippen LogP contribution in [0, 0.1) is 11.3 Å². The van der Waals surface area contributed by atoms with Crippen molar-refractivity contribution in [1.29, 1.82) is 5.26 Å². The van der Waals surface area contributed by atoms with E-state index in [4.69, 9.17) is 11.6 Å². The van der Waals surface area contributed by atoms with Crippen molar-refractivity contribution in [2.75, 3.05) is 13.7 Å². The van der Waals surface area contributed by atoms with Crippen LogP contribution in [0.1, 0.15) is 27.6 Å². The van der Waals surface area contributed by atoms with Gasteiger partial charge >= 0.3 is 5.97 Å². The first kappa shape index (κ1) is 19.2. The zero-order chi connectivity index (χ0) is 20.1. The minimum absolute atomic E-state index is 0.204. The van der Waals surface area contributed by atoms with E-state index in [-0.39, 0.29) is 17.7 Å². The van der Waals surface area contributed by atoms with Gasteiger partial charge in [0.1, 0.15) is 10.8 Å². The van der Waals surface area contributed by atoms with Crippen molar-refractivity contribution >= 4 is 47.9 Å². The van der Waals surface area contributed by atoms with Crippen molar-refractivity contribution in [3.05, 3.63) is 35.4 Å². The van der Waals surface area contributed by atoms with Gasteiger partial charge in [-0.2, -0.15) is 17.9 Å². The second kappa shape index (κ2) is 6.25. The standard InChI is InChI=1S/C17H14ClN3O5S/c1-16(27,8-19)17(18,15(25)26-2)20-7-11(14(20)24)21-12(22)9-5-3-4-6-10(9)13(21)23/h3-6,11,27H,7H2,1-2H3. The molecule has 2 aliphatic heterocycles. The lowest BCUT2D eigenvalue weighted by molar-refractivity contribution is -0.167. The van der Waals surface area contributed by atoms with E-state index in [0.29, 0.717) is 0 Å². The van der Waals surface area contributed by atoms with Gasteiger partial charge in [-0.1, -0.05) is 23.7 Å². The van der Waals surface area contributed by atoms with Crippen molar-refractivity contribution in [3.63, 3.8) is 0 Å². The van der Waals surface area contributed by atoms with Crippen molar-refractivity contribution in [2.45, 2.75) is 22.7 Å². The molecule has 10 heteroatoms. The fourth-order valence-electron chi connectivity index (χ4n) is 3.15. The summed E-state index contributed by atoms with van der Waals surface area (Å²) in [6.07, 6.45) is 0. The highest BCUT2D eigenvalue weighted by molar-refractivity contribution is 7.82. The Labute approximate surface area is 165 Å². The monoisotopic (exact) mass is 407 g/mol. The van der Waals surface area contributed by atoms with Crippen LogP contribution in [0.3, 0.4) is 0 Å². The molecule has 0 N–H and O–H groups in total. The molecule has 0 radical (unpaired) electrons. The second-order valence-corrected chi connectivity index (χ2v) is 7.73. The number of rotatable bonds is 4. The molecular formula is C17H14ClN3O5S. The number of amides is 3. The van der Waals surface area contributed by atoms with Gasteiger partial charge in [0.05, 0.1) is 30.9 Å². The Kier molecular flexibility index (Phi) is 4.44. The molecular weight excluding hydrogens is 394 g/mol. The molecule has 3 unspecified atom stereocenters. The zero-order valence-corrected chi connectivity index (χ0v) is 16.0. The summed E-state index contributed by atoms with van der Waals surface area (Å²) in [6.45, 7) is 1.05. The van der Waals surface area contributed by atoms with Crippen LogP contribution in [0.4, 0.5) is 0 Å². The SMILES string of the molecule is COC(=O)C(Cl)(N1CC(N2C(=O)c3ccccc3C2=O)C1=O)C(C)(S)C#N. The minimum Gasteiger partial charge on any atom is -0.466 e. The van der Waals surface area contributed by atoms with Crippen LogP contribution < -0.4 is 0 Å². The third-order valence-electron chi connectivity index (χ3n) is 4.73. The lowest BCUT2D eigenvalue weighted by Gasteiger charge is -2.51. The first-order valence-corrected chi connectivity index (χ1v) is 8.63. The van der Waals surface area contributed by atoms with Crippen LogP contribution >= 0.6 is 24.2 Å². The van der Waals surface area contributed by atoms with E-state index in [1.54, 1.807) is 18.2 Å². The number of methoxy groups -OCH3 is 1. The van der Waals surface area contributed by atoms with Gasteiger partial charge in [-0.15, -0.1) is 0 Å². The molecule has 8 nitrogen and oxygen atoms in total. The van der Waals surface area contributed by atoms with Gasteiger partial charge in [-0.05, 0) is 19.1 Å². The summed E-state index contributed by atoms with van der Waals surface area (Å²) < 4.78 is 2.86. The number of thiol groups is 1. The number of benzene rings is 1. The van der Waals surface area contributed by atoms with Crippen molar-refractivity contribution < 1.29 is 23.9 Å². The smallest absolute Gasteiger partial charge is 0.350 e. The summed E-state index contributed by atoms with van der Waals surface area (Å²) in [4.78, 5) is 49.6. The quantitative estimate of drug-likeness (QED) is 0.198. The summed E-state index contributed by atoms with van der Waals surface area (Å²) in [7, 11) is 1.06. The molecule has 0 saturated carbocycles. The highest BCUT2D eigenvalue weighted by atomic mass is 35.5. The van der Waals surface area contributed by atoms with Gasteiger partial charge in [-0.3, -0.25) is 19.3 Å². The number of halogens is 1. The Morgan fingerprint density at radius 2 is 1.81 bits per heavy atom. The summed E-state index contributed by atoms with van der Waals surface area (Å²) in [6, 6.07) is 6.87. The highest BCUT2D eigenvalue weighted by Crippen LogP contribution is 2.43. The van der Waals surface area contributed by atoms with Crippen molar-refractivity contribution in [1.82, 2.24) is 9.80 Å². The zero-order valence-electron chi connectivity index (χ0n) is 14.3. The molecule has 2 aliphatic rings. The number of likely N-dealkylation sites (tertiary alicyclic amines) is 1. The van der Waals surface area contributed by atoms with Crippen LogP contribution in [0.15, 0.2) is 24.3 Å². The number of hydrogen-bond donors (Lipinski definition) is 1. The van der Waals surface area contributed by atoms with Crippen LogP contribution in [0.25, 0.3) is 0 Å². The van der Waals surface area contributed by atoms with Crippen LogP contribution in [0.2, 0.25) is 0 Å². The summed E-state index contributed by atoms with van der Waals surface area (Å²) >= 11 is 10.5. The lowest BCUT2D eigenvalue weighted by Crippen LogP contribution is -2.75. The molecule has 3 rings (SSSR count). The van der Waals surface area contributed by atoms with Crippen LogP contribution in [0.5, 0.6) is 0 Å². The minimum atomic E-state index is -2.22. The maximum Gasteiger partial charge on any atom is 0.350 e. The molecule has 0 bridgehead atoms. The number of imide groups is 1. The van der Waals surface area contributed by atoms with Gasteiger partial charge in [0.2, 0.25) is 10.9 Å². The molecule has 1 aromatic carbocycles. The largest absolute Gasteiger partial charge is 0.466 e. The third kappa shape index (κ3) is 2.44. The molecule has 1 fully saturated rings. The molecule has 140 valence electrons. The number of fused-ring (bicyclic) bond motifs is 1. The summed E-state index contributed by atoms with van der Waals surface area (Å²) in [5.74, 6) is -2.99. The van der Waals surface area contributed by atoms with E-state index in [9.17, 15) is 24.4 Å². The number of carbonyl (C=O) groups excluding carboxylic acids is 4. The highest BCUT2D eigenvalue weighted by Gasteiger charge is 2.65. The molecule has 3 amide bonds. The van der Waals surface area contributed by atoms with Gasteiger partial charge in [0.15, 0.2) is 0 Å². The number of hydrogen-bond acceptors (Lipinski definition) is 7. The molecule has 1 aromatic rings. The average Bonchev–Trinajstić information content (AvgIpc) is 2.91. The molecule has 1 saturated heterocycles. The maximum absolute atomic E-state index is 12.8. The van der Waals surface area contributed by atoms with Crippen molar-refractivity contribution in [2.24, 2.45) is 0 Å². The normalized spacial score (nSPS) is 23.1. The first-order chi connectivity index (χ1) is 12.6. The van der Waals surface area contributed by atoms with Gasteiger partial charge in [0, 0.05) is 0 Å². The molecule has 27 heavy (non-hydrogen) atoms. The molecule has 0 aromatic heterocycles. The second-order valence-electron chi connectivity index (χ2n) is 6.29. The van der Waals surface area contributed by atoms with Gasteiger partial charge in [0.25, 0.3) is 11.8 Å². The fraction of sp³-hybridized carbons (Fsp3) is 0.353. The number of nitriles is 1. The molecule has 0 spiro atoms.